The van der Waals surface area contributed by atoms with Crippen molar-refractivity contribution in [3.63, 3.8) is 0 Å². The second-order valence-electron chi connectivity index (χ2n) is 4.61. The second-order valence-corrected chi connectivity index (χ2v) is 6.26. The van der Waals surface area contributed by atoms with Crippen LogP contribution < -0.4 is 4.72 Å². The Bertz CT molecular complexity index is 683. The average Bonchev–Trinajstić information content (AvgIpc) is 2.90. The van der Waals surface area contributed by atoms with E-state index in [1.54, 1.807) is 25.3 Å². The molecule has 0 spiro atoms. The Balaban J connectivity index is 2.45. The lowest BCUT2D eigenvalue weighted by Gasteiger charge is -2.29. The monoisotopic (exact) mass is 299 g/mol. The molecule has 0 fully saturated rings. The van der Waals surface area contributed by atoms with Gasteiger partial charge < -0.3 is 15.2 Å². The number of aromatic amines is 1. The minimum absolute atomic E-state index is 0.0420. The van der Waals surface area contributed by atoms with Crippen LogP contribution in [0.5, 0.6) is 0 Å². The lowest BCUT2D eigenvalue weighted by atomic mass is 10.0. The molecule has 4 N–H and O–H groups in total. The van der Waals surface area contributed by atoms with Crippen LogP contribution >= 0.6 is 0 Å². The van der Waals surface area contributed by atoms with E-state index in [2.05, 4.69) is 14.7 Å². The minimum Gasteiger partial charge on any atom is -0.394 e. The van der Waals surface area contributed by atoms with Crippen LogP contribution in [0.3, 0.4) is 0 Å². The first-order valence-corrected chi connectivity index (χ1v) is 7.64. The SMILES string of the molecule is CCC(CO)(CO)NS(=O)(=O)c1c[nH]c2ncccc12. The molecule has 2 heterocycles. The maximum absolute atomic E-state index is 12.4. The first-order chi connectivity index (χ1) is 9.48. The van der Waals surface area contributed by atoms with Gasteiger partial charge in [0.1, 0.15) is 10.5 Å². The van der Waals surface area contributed by atoms with Crippen LogP contribution in [0.25, 0.3) is 11.0 Å². The van der Waals surface area contributed by atoms with E-state index in [4.69, 9.17) is 0 Å². The Morgan fingerprint density at radius 3 is 2.70 bits per heavy atom. The zero-order valence-corrected chi connectivity index (χ0v) is 11.8. The summed E-state index contributed by atoms with van der Waals surface area (Å²) in [5.74, 6) is 0. The molecule has 0 atom stereocenters. The summed E-state index contributed by atoms with van der Waals surface area (Å²) < 4.78 is 27.2. The number of aromatic nitrogens is 2. The number of aliphatic hydroxyl groups is 2. The van der Waals surface area contributed by atoms with E-state index in [1.165, 1.54) is 6.20 Å². The fraction of sp³-hybridized carbons (Fsp3) is 0.417. The molecule has 0 amide bonds. The Morgan fingerprint density at radius 1 is 1.40 bits per heavy atom. The molecule has 0 aliphatic rings. The number of sulfonamides is 1. The van der Waals surface area contributed by atoms with Gasteiger partial charge in [-0.3, -0.25) is 0 Å². The zero-order chi connectivity index (χ0) is 14.8. The molecule has 7 nitrogen and oxygen atoms in total. The van der Waals surface area contributed by atoms with Crippen molar-refractivity contribution in [3.05, 3.63) is 24.5 Å². The summed E-state index contributed by atoms with van der Waals surface area (Å²) in [7, 11) is -3.88. The number of pyridine rings is 1. The minimum atomic E-state index is -3.88. The van der Waals surface area contributed by atoms with Gasteiger partial charge in [-0.1, -0.05) is 6.92 Å². The molecule has 0 radical (unpaired) electrons. The summed E-state index contributed by atoms with van der Waals surface area (Å²) in [5.41, 5.74) is -0.812. The average molecular weight is 299 g/mol. The topological polar surface area (TPSA) is 115 Å². The number of hydrogen-bond acceptors (Lipinski definition) is 5. The van der Waals surface area contributed by atoms with Crippen LogP contribution in [-0.4, -0.2) is 47.4 Å². The number of aliphatic hydroxyl groups excluding tert-OH is 2. The summed E-state index contributed by atoms with van der Waals surface area (Å²) in [6.07, 6.45) is 3.16. The molecule has 2 aromatic heterocycles. The summed E-state index contributed by atoms with van der Waals surface area (Å²) >= 11 is 0. The quantitative estimate of drug-likeness (QED) is 0.598. The summed E-state index contributed by atoms with van der Waals surface area (Å²) in [5, 5.41) is 19.1. The molecule has 2 rings (SSSR count). The van der Waals surface area contributed by atoms with Crippen molar-refractivity contribution in [2.45, 2.75) is 23.8 Å². The summed E-state index contributed by atoms with van der Waals surface area (Å²) in [6.45, 7) is 0.714. The number of nitrogens with zero attached hydrogens (tertiary/aromatic N) is 1. The van der Waals surface area contributed by atoms with E-state index in [0.717, 1.165) is 0 Å². The van der Waals surface area contributed by atoms with Crippen LogP contribution in [0.1, 0.15) is 13.3 Å². The smallest absolute Gasteiger partial charge is 0.243 e. The molecule has 0 aliphatic heterocycles. The molecule has 0 aliphatic carbocycles. The third-order valence-electron chi connectivity index (χ3n) is 3.34. The third-order valence-corrected chi connectivity index (χ3v) is 4.95. The fourth-order valence-electron chi connectivity index (χ4n) is 1.90. The number of nitrogens with one attached hydrogen (secondary N) is 2. The summed E-state index contributed by atoms with van der Waals surface area (Å²) in [6, 6.07) is 3.28. The number of H-pyrrole nitrogens is 1. The summed E-state index contributed by atoms with van der Waals surface area (Å²) in [4.78, 5) is 6.85. The molecule has 20 heavy (non-hydrogen) atoms. The van der Waals surface area contributed by atoms with Crippen molar-refractivity contribution in [1.82, 2.24) is 14.7 Å². The van der Waals surface area contributed by atoms with E-state index in [-0.39, 0.29) is 11.3 Å². The Kier molecular flexibility index (Phi) is 4.09. The predicted octanol–water partition coefficient (Wildman–Crippen LogP) is -0.0254. The maximum Gasteiger partial charge on any atom is 0.243 e. The van der Waals surface area contributed by atoms with E-state index in [0.29, 0.717) is 11.0 Å². The maximum atomic E-state index is 12.4. The molecular weight excluding hydrogens is 282 g/mol. The number of fused-ring (bicyclic) bond motifs is 1. The van der Waals surface area contributed by atoms with Crippen LogP contribution in [-0.2, 0) is 10.0 Å². The van der Waals surface area contributed by atoms with Gasteiger partial charge in [0.25, 0.3) is 0 Å². The van der Waals surface area contributed by atoms with Gasteiger partial charge in [-0.15, -0.1) is 0 Å². The Morgan fingerprint density at radius 2 is 2.10 bits per heavy atom. The van der Waals surface area contributed by atoms with Crippen LogP contribution in [0, 0.1) is 0 Å². The molecule has 8 heteroatoms. The molecule has 0 saturated heterocycles. The standard InChI is InChI=1S/C12H17N3O4S/c1-2-12(7-16,8-17)15-20(18,19)10-6-14-11-9(10)4-3-5-13-11/h3-6,15-17H,2,7-8H2,1H3,(H,13,14). The van der Waals surface area contributed by atoms with E-state index < -0.39 is 28.8 Å². The van der Waals surface area contributed by atoms with Gasteiger partial charge in [-0.25, -0.2) is 18.1 Å². The molecule has 0 bridgehead atoms. The highest BCUT2D eigenvalue weighted by Gasteiger charge is 2.33. The Labute approximate surface area is 116 Å². The van der Waals surface area contributed by atoms with Crippen LogP contribution in [0.15, 0.2) is 29.4 Å². The van der Waals surface area contributed by atoms with Crippen molar-refractivity contribution in [2.75, 3.05) is 13.2 Å². The largest absolute Gasteiger partial charge is 0.394 e. The molecule has 0 unspecified atom stereocenters. The van der Waals surface area contributed by atoms with E-state index in [9.17, 15) is 18.6 Å². The number of hydrogen-bond donors (Lipinski definition) is 4. The van der Waals surface area contributed by atoms with Crippen molar-refractivity contribution in [2.24, 2.45) is 0 Å². The van der Waals surface area contributed by atoms with Gasteiger partial charge in [0, 0.05) is 17.8 Å². The van der Waals surface area contributed by atoms with E-state index in [1.807, 2.05) is 0 Å². The molecule has 2 aromatic rings. The first-order valence-electron chi connectivity index (χ1n) is 6.16. The first kappa shape index (κ1) is 14.9. The van der Waals surface area contributed by atoms with Gasteiger partial charge in [0.05, 0.1) is 18.8 Å². The Hall–Kier alpha value is -1.48. The van der Waals surface area contributed by atoms with Gasteiger partial charge in [0.15, 0.2) is 0 Å². The van der Waals surface area contributed by atoms with E-state index >= 15 is 0 Å². The molecule has 110 valence electrons. The highest BCUT2D eigenvalue weighted by atomic mass is 32.2. The van der Waals surface area contributed by atoms with Crippen LogP contribution in [0.2, 0.25) is 0 Å². The van der Waals surface area contributed by atoms with Gasteiger partial charge in [-0.2, -0.15) is 0 Å². The van der Waals surface area contributed by atoms with Crippen LogP contribution in [0.4, 0.5) is 0 Å². The van der Waals surface area contributed by atoms with Gasteiger partial charge in [0.2, 0.25) is 10.0 Å². The van der Waals surface area contributed by atoms with Crippen molar-refractivity contribution in [1.29, 1.82) is 0 Å². The third kappa shape index (κ3) is 2.55. The van der Waals surface area contributed by atoms with Crippen molar-refractivity contribution < 1.29 is 18.6 Å². The van der Waals surface area contributed by atoms with Gasteiger partial charge in [-0.05, 0) is 18.6 Å². The van der Waals surface area contributed by atoms with Crippen molar-refractivity contribution >= 4 is 21.1 Å². The number of rotatable bonds is 6. The molecular formula is C12H17N3O4S. The predicted molar refractivity (Wildman–Crippen MR) is 73.6 cm³/mol. The highest BCUT2D eigenvalue weighted by Crippen LogP contribution is 2.23. The lowest BCUT2D eigenvalue weighted by Crippen LogP contribution is -2.53. The normalized spacial score (nSPS) is 12.9. The fourth-order valence-corrected chi connectivity index (χ4v) is 3.53. The molecule has 0 saturated carbocycles. The lowest BCUT2D eigenvalue weighted by molar-refractivity contribution is 0.105. The highest BCUT2D eigenvalue weighted by molar-refractivity contribution is 7.89. The second kappa shape index (κ2) is 5.49. The zero-order valence-electron chi connectivity index (χ0n) is 11.0. The van der Waals surface area contributed by atoms with Crippen molar-refractivity contribution in [3.8, 4) is 0 Å². The molecule has 0 aromatic carbocycles. The van der Waals surface area contributed by atoms with Gasteiger partial charge >= 0.3 is 0 Å².